The highest BCUT2D eigenvalue weighted by Gasteiger charge is 2.44. The van der Waals surface area contributed by atoms with Crippen LogP contribution < -0.4 is 5.32 Å². The predicted octanol–water partition coefficient (Wildman–Crippen LogP) is 1.93. The van der Waals surface area contributed by atoms with Crippen LogP contribution in [-0.2, 0) is 16.1 Å². The third kappa shape index (κ3) is 5.06. The summed E-state index contributed by atoms with van der Waals surface area (Å²) in [6.07, 6.45) is 4.83. The quantitative estimate of drug-likeness (QED) is 0.680. The zero-order valence-corrected chi connectivity index (χ0v) is 16.6. The molecule has 2 fully saturated rings. The van der Waals surface area contributed by atoms with Gasteiger partial charge in [-0.15, -0.1) is 11.3 Å². The molecule has 7 nitrogen and oxygen atoms in total. The average Bonchev–Trinajstić information content (AvgIpc) is 3.05. The molecule has 0 spiro atoms. The second-order valence-electron chi connectivity index (χ2n) is 7.85. The van der Waals surface area contributed by atoms with Gasteiger partial charge in [-0.2, -0.15) is 0 Å². The van der Waals surface area contributed by atoms with Gasteiger partial charge in [0.1, 0.15) is 0 Å². The minimum absolute atomic E-state index is 0.201. The summed E-state index contributed by atoms with van der Waals surface area (Å²) in [5.41, 5.74) is -0.269. The maximum atomic E-state index is 12.7. The first-order valence-electron chi connectivity index (χ1n) is 9.76. The van der Waals surface area contributed by atoms with Crippen molar-refractivity contribution in [2.45, 2.75) is 70.1 Å². The van der Waals surface area contributed by atoms with Crippen LogP contribution in [0.3, 0.4) is 0 Å². The summed E-state index contributed by atoms with van der Waals surface area (Å²) >= 11 is 1.64. The van der Waals surface area contributed by atoms with Gasteiger partial charge in [0.05, 0.1) is 16.3 Å². The Morgan fingerprint density at radius 1 is 1.33 bits per heavy atom. The maximum absolute atomic E-state index is 12.7. The molecule has 3 N–H and O–H groups in total. The summed E-state index contributed by atoms with van der Waals surface area (Å²) in [6.45, 7) is 4.35. The lowest BCUT2D eigenvalue weighted by Crippen LogP contribution is -2.59. The van der Waals surface area contributed by atoms with Gasteiger partial charge in [0.25, 0.3) is 0 Å². The molecule has 1 aliphatic carbocycles. The molecule has 1 aromatic rings. The molecule has 3 rings (SSSR count). The number of carbonyl (C=O) groups excluding carboxylic acids is 1. The summed E-state index contributed by atoms with van der Waals surface area (Å²) in [4.78, 5) is 31.1. The van der Waals surface area contributed by atoms with Crippen molar-refractivity contribution in [1.29, 1.82) is 0 Å². The van der Waals surface area contributed by atoms with Gasteiger partial charge in [-0.3, -0.25) is 9.69 Å². The third-order valence-electron chi connectivity index (χ3n) is 5.80. The number of carbonyl (C=O) groups is 2. The van der Waals surface area contributed by atoms with Crippen LogP contribution in [0.15, 0.2) is 5.38 Å². The molecule has 2 heterocycles. The Hall–Kier alpha value is -1.51. The number of carboxylic acids is 1. The van der Waals surface area contributed by atoms with Gasteiger partial charge < -0.3 is 15.5 Å². The van der Waals surface area contributed by atoms with Crippen molar-refractivity contribution < 1.29 is 19.8 Å². The molecule has 1 unspecified atom stereocenters. The van der Waals surface area contributed by atoms with E-state index >= 15 is 0 Å². The summed E-state index contributed by atoms with van der Waals surface area (Å²) < 4.78 is 0. The standard InChI is InChI=1S/C19H29N3O4S/c1-13-20-15(12-27-13)11-22-9-5-14(6-10-22)17(23)21-16(18(24)25)19(26)7-3-2-4-8-19/h12,14,16,26H,2-11H2,1H3,(H,21,23)(H,24,25). The number of aliphatic carboxylic acids is 1. The van der Waals surface area contributed by atoms with Crippen molar-refractivity contribution in [3.05, 3.63) is 16.1 Å². The number of carboxylic acid groups (broad SMARTS) is 1. The number of thiazole rings is 1. The number of rotatable bonds is 6. The van der Waals surface area contributed by atoms with Gasteiger partial charge in [0.2, 0.25) is 5.91 Å². The van der Waals surface area contributed by atoms with Crippen LogP contribution in [0.4, 0.5) is 0 Å². The second kappa shape index (κ2) is 8.67. The predicted molar refractivity (Wildman–Crippen MR) is 102 cm³/mol. The zero-order chi connectivity index (χ0) is 19.4. The first kappa shape index (κ1) is 20.2. The van der Waals surface area contributed by atoms with Crippen LogP contribution in [0.1, 0.15) is 55.6 Å². The zero-order valence-electron chi connectivity index (χ0n) is 15.8. The number of aromatic nitrogens is 1. The fourth-order valence-electron chi connectivity index (χ4n) is 4.20. The van der Waals surface area contributed by atoms with Gasteiger partial charge in [-0.25, -0.2) is 9.78 Å². The molecule has 8 heteroatoms. The number of nitrogens with zero attached hydrogens (tertiary/aromatic N) is 2. The molecule has 0 radical (unpaired) electrons. The van der Waals surface area contributed by atoms with Gasteiger partial charge >= 0.3 is 5.97 Å². The molecule has 1 saturated heterocycles. The molecule has 1 amide bonds. The number of aliphatic hydroxyl groups is 1. The van der Waals surface area contributed by atoms with E-state index in [1.54, 1.807) is 11.3 Å². The molecule has 0 aromatic carbocycles. The maximum Gasteiger partial charge on any atom is 0.329 e. The fourth-order valence-corrected chi connectivity index (χ4v) is 4.81. The first-order chi connectivity index (χ1) is 12.9. The SMILES string of the molecule is Cc1nc(CN2CCC(C(=O)NC(C(=O)O)C3(O)CCCCC3)CC2)cs1. The van der Waals surface area contributed by atoms with Gasteiger partial charge in [0, 0.05) is 17.8 Å². The molecule has 1 saturated carbocycles. The van der Waals surface area contributed by atoms with E-state index in [0.717, 1.165) is 49.6 Å². The minimum Gasteiger partial charge on any atom is -0.480 e. The number of hydrogen-bond acceptors (Lipinski definition) is 6. The van der Waals surface area contributed by atoms with E-state index in [1.807, 2.05) is 6.92 Å². The number of hydrogen-bond donors (Lipinski definition) is 3. The highest BCUT2D eigenvalue weighted by Crippen LogP contribution is 2.31. The molecule has 2 aliphatic rings. The lowest BCUT2D eigenvalue weighted by molar-refractivity contribution is -0.153. The van der Waals surface area contributed by atoms with Gasteiger partial charge in [-0.1, -0.05) is 19.3 Å². The van der Waals surface area contributed by atoms with Crippen molar-refractivity contribution in [1.82, 2.24) is 15.2 Å². The lowest BCUT2D eigenvalue weighted by atomic mass is 9.79. The summed E-state index contributed by atoms with van der Waals surface area (Å²) in [6, 6.07) is -1.22. The molecule has 1 aliphatic heterocycles. The number of nitrogens with one attached hydrogen (secondary N) is 1. The van der Waals surface area contributed by atoms with E-state index in [0.29, 0.717) is 25.7 Å². The monoisotopic (exact) mass is 395 g/mol. The van der Waals surface area contributed by atoms with E-state index in [-0.39, 0.29) is 11.8 Å². The van der Waals surface area contributed by atoms with Gasteiger partial charge in [0.15, 0.2) is 6.04 Å². The topological polar surface area (TPSA) is 103 Å². The van der Waals surface area contributed by atoms with E-state index in [2.05, 4.69) is 20.6 Å². The van der Waals surface area contributed by atoms with Crippen LogP contribution in [0, 0.1) is 12.8 Å². The summed E-state index contributed by atoms with van der Waals surface area (Å²) in [5, 5.41) is 26.1. The van der Waals surface area contributed by atoms with Crippen LogP contribution in [0.25, 0.3) is 0 Å². The minimum atomic E-state index is -1.33. The highest BCUT2D eigenvalue weighted by molar-refractivity contribution is 7.09. The highest BCUT2D eigenvalue weighted by atomic mass is 32.1. The Morgan fingerprint density at radius 3 is 2.56 bits per heavy atom. The Morgan fingerprint density at radius 2 is 2.00 bits per heavy atom. The normalized spacial score (nSPS) is 22.3. The Kier molecular flexibility index (Phi) is 6.49. The lowest BCUT2D eigenvalue weighted by Gasteiger charge is -2.38. The number of aryl methyl sites for hydroxylation is 1. The Bertz CT molecular complexity index is 664. The largest absolute Gasteiger partial charge is 0.480 e. The molecule has 0 bridgehead atoms. The van der Waals surface area contributed by atoms with Crippen molar-refractivity contribution in [3.8, 4) is 0 Å². The number of piperidine rings is 1. The molecule has 1 aromatic heterocycles. The van der Waals surface area contributed by atoms with E-state index < -0.39 is 17.6 Å². The molecular formula is C19H29N3O4S. The summed E-state index contributed by atoms with van der Waals surface area (Å²) in [7, 11) is 0. The van der Waals surface area contributed by atoms with E-state index in [4.69, 9.17) is 0 Å². The smallest absolute Gasteiger partial charge is 0.329 e. The van der Waals surface area contributed by atoms with Gasteiger partial charge in [-0.05, 0) is 45.7 Å². The van der Waals surface area contributed by atoms with Crippen molar-refractivity contribution in [2.75, 3.05) is 13.1 Å². The Balaban J connectivity index is 1.52. The number of likely N-dealkylation sites (tertiary alicyclic amines) is 1. The molecule has 150 valence electrons. The van der Waals surface area contributed by atoms with Crippen LogP contribution in [-0.4, -0.2) is 56.7 Å². The van der Waals surface area contributed by atoms with Crippen LogP contribution in [0.5, 0.6) is 0 Å². The van der Waals surface area contributed by atoms with Crippen molar-refractivity contribution in [2.24, 2.45) is 5.92 Å². The van der Waals surface area contributed by atoms with Crippen molar-refractivity contribution in [3.63, 3.8) is 0 Å². The van der Waals surface area contributed by atoms with Crippen LogP contribution >= 0.6 is 11.3 Å². The fraction of sp³-hybridized carbons (Fsp3) is 0.737. The molecule has 27 heavy (non-hydrogen) atoms. The van der Waals surface area contributed by atoms with E-state index in [9.17, 15) is 19.8 Å². The first-order valence-corrected chi connectivity index (χ1v) is 10.6. The van der Waals surface area contributed by atoms with Crippen molar-refractivity contribution >= 4 is 23.2 Å². The molecular weight excluding hydrogens is 366 g/mol. The average molecular weight is 396 g/mol. The Labute approximate surface area is 163 Å². The summed E-state index contributed by atoms with van der Waals surface area (Å²) in [5.74, 6) is -1.60. The number of amides is 1. The van der Waals surface area contributed by atoms with E-state index in [1.165, 1.54) is 0 Å². The van der Waals surface area contributed by atoms with Crippen LogP contribution in [0.2, 0.25) is 0 Å². The second-order valence-corrected chi connectivity index (χ2v) is 8.91. The third-order valence-corrected chi connectivity index (χ3v) is 6.62. The molecule has 1 atom stereocenters.